The Morgan fingerprint density at radius 2 is 2.09 bits per heavy atom. The van der Waals surface area contributed by atoms with E-state index in [1.807, 2.05) is 25.1 Å². The van der Waals surface area contributed by atoms with E-state index < -0.39 is 5.91 Å². The summed E-state index contributed by atoms with van der Waals surface area (Å²) in [5, 5.41) is 21.7. The van der Waals surface area contributed by atoms with Crippen LogP contribution >= 0.6 is 27.5 Å². The lowest BCUT2D eigenvalue weighted by Gasteiger charge is -2.07. The number of carbonyl (C=O) groups excluding carboxylic acids is 1. The maximum atomic E-state index is 12.2. The Hall–Kier alpha value is -2.29. The van der Waals surface area contributed by atoms with E-state index in [1.165, 1.54) is 12.1 Å². The van der Waals surface area contributed by atoms with Gasteiger partial charge >= 0.3 is 0 Å². The number of phenolic OH excluding ortho intramolecular Hbond substituents is 1. The van der Waals surface area contributed by atoms with Crippen molar-refractivity contribution in [3.05, 3.63) is 62.6 Å². The molecule has 0 aliphatic heterocycles. The minimum atomic E-state index is -0.512. The number of carbonyl (C=O) groups is 1. The quantitative estimate of drug-likeness (QED) is 0.590. The van der Waals surface area contributed by atoms with Crippen LogP contribution in [0.2, 0.25) is 5.02 Å². The number of nitrogens with one attached hydrogen (secondary N) is 1. The lowest BCUT2D eigenvalue weighted by molar-refractivity contribution is -0.112. The fourth-order valence-corrected chi connectivity index (χ4v) is 2.71. The maximum Gasteiger partial charge on any atom is 0.266 e. The molecule has 0 bridgehead atoms. The van der Waals surface area contributed by atoms with Crippen LogP contribution in [0.25, 0.3) is 6.08 Å². The summed E-state index contributed by atoms with van der Waals surface area (Å²) in [6.07, 6.45) is 1.41. The molecule has 2 aromatic carbocycles. The molecule has 2 aromatic rings. The molecular weight excluding hydrogens is 380 g/mol. The Kier molecular flexibility index (Phi) is 5.43. The topological polar surface area (TPSA) is 73.1 Å². The number of anilines is 1. The number of halogens is 2. The minimum Gasteiger partial charge on any atom is -0.505 e. The second-order valence-corrected chi connectivity index (χ2v) is 6.03. The van der Waals surface area contributed by atoms with Gasteiger partial charge in [-0.2, -0.15) is 5.26 Å². The number of hydrogen-bond donors (Lipinski definition) is 2. The average Bonchev–Trinajstić information content (AvgIpc) is 2.52. The van der Waals surface area contributed by atoms with Crippen LogP contribution in [-0.2, 0) is 4.79 Å². The first kappa shape index (κ1) is 17.1. The molecule has 0 aliphatic carbocycles. The van der Waals surface area contributed by atoms with Crippen molar-refractivity contribution in [3.8, 4) is 11.8 Å². The van der Waals surface area contributed by atoms with Gasteiger partial charge in [-0.25, -0.2) is 0 Å². The van der Waals surface area contributed by atoms with Gasteiger partial charge in [-0.1, -0.05) is 29.8 Å². The van der Waals surface area contributed by atoms with Gasteiger partial charge in [0.15, 0.2) is 0 Å². The smallest absolute Gasteiger partial charge is 0.266 e. The Bertz CT molecular complexity index is 818. The SMILES string of the molecule is Cc1ccccc1NC(=O)/C(C#N)=C/c1cc(Cl)c(O)c(Br)c1. The summed E-state index contributed by atoms with van der Waals surface area (Å²) in [6.45, 7) is 1.86. The van der Waals surface area contributed by atoms with Crippen LogP contribution in [0.5, 0.6) is 5.75 Å². The molecule has 2 N–H and O–H groups in total. The lowest BCUT2D eigenvalue weighted by Crippen LogP contribution is -2.14. The highest BCUT2D eigenvalue weighted by atomic mass is 79.9. The summed E-state index contributed by atoms with van der Waals surface area (Å²) >= 11 is 9.05. The first-order chi connectivity index (χ1) is 10.9. The lowest BCUT2D eigenvalue weighted by atomic mass is 10.1. The minimum absolute atomic E-state index is 0.0677. The molecule has 0 aromatic heterocycles. The van der Waals surface area contributed by atoms with Gasteiger partial charge in [0.05, 0.1) is 9.50 Å². The monoisotopic (exact) mass is 390 g/mol. The predicted molar refractivity (Wildman–Crippen MR) is 94.2 cm³/mol. The van der Waals surface area contributed by atoms with E-state index >= 15 is 0 Å². The zero-order valence-electron chi connectivity index (χ0n) is 12.1. The van der Waals surface area contributed by atoms with Gasteiger partial charge < -0.3 is 10.4 Å². The van der Waals surface area contributed by atoms with Gasteiger partial charge in [-0.05, 0) is 58.3 Å². The van der Waals surface area contributed by atoms with Crippen molar-refractivity contribution in [2.45, 2.75) is 6.92 Å². The number of nitriles is 1. The highest BCUT2D eigenvalue weighted by molar-refractivity contribution is 9.10. The van der Waals surface area contributed by atoms with Gasteiger partial charge in [0.25, 0.3) is 5.91 Å². The molecule has 0 fully saturated rings. The largest absolute Gasteiger partial charge is 0.505 e. The molecule has 0 saturated heterocycles. The van der Waals surface area contributed by atoms with Crippen LogP contribution in [0.1, 0.15) is 11.1 Å². The normalized spacial score (nSPS) is 11.0. The van der Waals surface area contributed by atoms with Crippen LogP contribution in [0.4, 0.5) is 5.69 Å². The highest BCUT2D eigenvalue weighted by Crippen LogP contribution is 2.33. The molecule has 1 amide bonds. The van der Waals surface area contributed by atoms with E-state index in [0.717, 1.165) is 5.56 Å². The van der Waals surface area contributed by atoms with Crippen molar-refractivity contribution in [1.82, 2.24) is 0 Å². The van der Waals surface area contributed by atoms with E-state index in [4.69, 9.17) is 11.6 Å². The fraction of sp³-hybridized carbons (Fsp3) is 0.0588. The number of benzene rings is 2. The highest BCUT2D eigenvalue weighted by Gasteiger charge is 2.12. The fourth-order valence-electron chi connectivity index (χ4n) is 1.89. The second kappa shape index (κ2) is 7.32. The van der Waals surface area contributed by atoms with E-state index in [0.29, 0.717) is 15.7 Å². The first-order valence-electron chi connectivity index (χ1n) is 6.59. The number of rotatable bonds is 3. The molecule has 0 radical (unpaired) electrons. The van der Waals surface area contributed by atoms with Crippen LogP contribution in [0.15, 0.2) is 46.4 Å². The molecule has 116 valence electrons. The summed E-state index contributed by atoms with van der Waals surface area (Å²) in [7, 11) is 0. The molecule has 0 atom stereocenters. The van der Waals surface area contributed by atoms with E-state index in [2.05, 4.69) is 21.2 Å². The number of phenols is 1. The Balaban J connectivity index is 2.31. The van der Waals surface area contributed by atoms with Crippen LogP contribution in [-0.4, -0.2) is 11.0 Å². The number of aromatic hydroxyl groups is 1. The first-order valence-corrected chi connectivity index (χ1v) is 7.76. The van der Waals surface area contributed by atoms with Crippen molar-refractivity contribution >= 4 is 45.2 Å². The van der Waals surface area contributed by atoms with Crippen molar-refractivity contribution in [3.63, 3.8) is 0 Å². The summed E-state index contributed by atoms with van der Waals surface area (Å²) in [5.41, 5.74) is 2.00. The molecule has 0 unspecified atom stereocenters. The van der Waals surface area contributed by atoms with E-state index in [-0.39, 0.29) is 16.3 Å². The molecule has 4 nitrogen and oxygen atoms in total. The molecule has 0 aliphatic rings. The van der Waals surface area contributed by atoms with Crippen molar-refractivity contribution in [2.75, 3.05) is 5.32 Å². The third kappa shape index (κ3) is 4.13. The number of amides is 1. The second-order valence-electron chi connectivity index (χ2n) is 4.77. The number of aryl methyl sites for hydroxylation is 1. The third-order valence-corrected chi connectivity index (χ3v) is 4.00. The third-order valence-electron chi connectivity index (χ3n) is 3.11. The molecule has 0 saturated carbocycles. The van der Waals surface area contributed by atoms with Gasteiger partial charge in [0, 0.05) is 5.69 Å². The van der Waals surface area contributed by atoms with Crippen molar-refractivity contribution < 1.29 is 9.90 Å². The van der Waals surface area contributed by atoms with Crippen molar-refractivity contribution in [1.29, 1.82) is 5.26 Å². The molecular formula is C17H12BrClN2O2. The van der Waals surface area contributed by atoms with Crippen LogP contribution < -0.4 is 5.32 Å². The predicted octanol–water partition coefficient (Wildman–Crippen LogP) is 4.66. The average molecular weight is 392 g/mol. The van der Waals surface area contributed by atoms with Crippen LogP contribution in [0, 0.1) is 18.3 Å². The van der Waals surface area contributed by atoms with Gasteiger partial charge in [-0.15, -0.1) is 0 Å². The summed E-state index contributed by atoms with van der Waals surface area (Å²) in [5.74, 6) is -0.603. The molecule has 6 heteroatoms. The number of para-hydroxylation sites is 1. The number of hydrogen-bond acceptors (Lipinski definition) is 3. The summed E-state index contributed by atoms with van der Waals surface area (Å²) in [4.78, 5) is 12.2. The van der Waals surface area contributed by atoms with Gasteiger partial charge in [0.2, 0.25) is 0 Å². The van der Waals surface area contributed by atoms with Crippen molar-refractivity contribution in [2.24, 2.45) is 0 Å². The number of nitrogens with zero attached hydrogens (tertiary/aromatic N) is 1. The summed E-state index contributed by atoms with van der Waals surface area (Å²) < 4.78 is 0.382. The maximum absolute atomic E-state index is 12.2. The Labute approximate surface area is 147 Å². The van der Waals surface area contributed by atoms with E-state index in [9.17, 15) is 15.2 Å². The van der Waals surface area contributed by atoms with Crippen LogP contribution in [0.3, 0.4) is 0 Å². The molecule has 0 spiro atoms. The summed E-state index contributed by atoms with van der Waals surface area (Å²) in [6, 6.07) is 12.2. The van der Waals surface area contributed by atoms with Gasteiger partial charge in [0.1, 0.15) is 17.4 Å². The van der Waals surface area contributed by atoms with E-state index in [1.54, 1.807) is 18.2 Å². The Morgan fingerprint density at radius 3 is 2.70 bits per heavy atom. The zero-order chi connectivity index (χ0) is 17.0. The molecule has 0 heterocycles. The standard InChI is InChI=1S/C17H12BrClN2O2/c1-10-4-2-3-5-15(10)21-17(23)12(9-20)6-11-7-13(18)16(22)14(19)8-11/h2-8,22H,1H3,(H,21,23)/b12-6+. The van der Waals surface area contributed by atoms with Gasteiger partial charge in [-0.3, -0.25) is 4.79 Å². The zero-order valence-corrected chi connectivity index (χ0v) is 14.4. The molecule has 23 heavy (non-hydrogen) atoms. The Morgan fingerprint density at radius 1 is 1.39 bits per heavy atom. The molecule has 2 rings (SSSR count).